The fourth-order valence-corrected chi connectivity index (χ4v) is 7.43. The molecule has 14 atom stereocenters. The van der Waals surface area contributed by atoms with Gasteiger partial charge in [0.25, 0.3) is 0 Å². The molecule has 291 valence electrons. The molecule has 2 rings (SSSR count). The first-order valence-electron chi connectivity index (χ1n) is 18.5. The van der Waals surface area contributed by atoms with E-state index in [1.165, 1.54) is 4.23 Å². The number of nitrogens with zero attached hydrogens (tertiary/aromatic N) is 1. The largest absolute Gasteiger partial charge is 0.366 e. The number of nitrogens with two attached hydrogens (primary N) is 1. The van der Waals surface area contributed by atoms with E-state index in [1.807, 2.05) is 13.8 Å². The van der Waals surface area contributed by atoms with Gasteiger partial charge in [-0.2, -0.15) is 0 Å². The van der Waals surface area contributed by atoms with Crippen molar-refractivity contribution in [1.82, 2.24) is 4.90 Å². The van der Waals surface area contributed by atoms with Crippen LogP contribution in [0.2, 0.25) is 0 Å². The van der Waals surface area contributed by atoms with Gasteiger partial charge in [-0.15, -0.1) is 0 Å². The molecule has 0 aromatic carbocycles. The number of carbonyl (C=O) groups excluding carboxylic acids is 1. The summed E-state index contributed by atoms with van der Waals surface area (Å²) in [6.07, 6.45) is 5.14. The normalized spacial score (nSPS) is 29.0. The average molecular weight is 744 g/mol. The predicted molar refractivity (Wildman–Crippen MR) is 190 cm³/mol. The van der Waals surface area contributed by atoms with Crippen molar-refractivity contribution in [3.05, 3.63) is 0 Å². The Morgan fingerprint density at radius 1 is 0.939 bits per heavy atom. The summed E-state index contributed by atoms with van der Waals surface area (Å²) in [7, 11) is 4.19. The summed E-state index contributed by atoms with van der Waals surface area (Å²) in [5, 5.41) is 27.0. The minimum absolute atomic E-state index is 0.0638. The zero-order valence-electron chi connectivity index (χ0n) is 32.7. The monoisotopic (exact) mass is 743 g/mol. The molecule has 0 spiro atoms. The molecular formula is C37H73FN2O8V. The third-order valence-corrected chi connectivity index (χ3v) is 11.1. The number of rotatable bonds is 16. The Hall–Kier alpha value is -0.466. The molecule has 0 radical (unpaired) electrons. The first-order valence-corrected chi connectivity index (χ1v) is 19.2. The van der Waals surface area contributed by atoms with Crippen LogP contribution in [0.3, 0.4) is 0 Å². The van der Waals surface area contributed by atoms with Crippen molar-refractivity contribution < 1.29 is 60.4 Å². The second-order valence-electron chi connectivity index (χ2n) is 15.0. The van der Waals surface area contributed by atoms with Crippen LogP contribution in [0.25, 0.3) is 0 Å². The van der Waals surface area contributed by atoms with Crippen molar-refractivity contribution in [3.8, 4) is 0 Å². The van der Waals surface area contributed by atoms with Crippen LogP contribution >= 0.6 is 0 Å². The number of aliphatic hydroxyl groups excluding tert-OH is 3. The average Bonchev–Trinajstić information content (AvgIpc) is 3.01. The van der Waals surface area contributed by atoms with Crippen LogP contribution in [0.5, 0.6) is 0 Å². The molecule has 12 heteroatoms. The third-order valence-electron chi connectivity index (χ3n) is 9.79. The Bertz CT molecular complexity index is 884. The summed E-state index contributed by atoms with van der Waals surface area (Å²) < 4.78 is 34.4. The Morgan fingerprint density at radius 3 is 2.00 bits per heavy atom. The fourth-order valence-electron chi connectivity index (χ4n) is 7.00. The van der Waals surface area contributed by atoms with Gasteiger partial charge < -0.3 is 20.5 Å². The van der Waals surface area contributed by atoms with Crippen LogP contribution in [0, 0.1) is 35.5 Å². The molecule has 49 heavy (non-hydrogen) atoms. The molecule has 7 unspecified atom stereocenters. The van der Waals surface area contributed by atoms with E-state index in [0.29, 0.717) is 36.3 Å². The number of alkyl halides is 1. The van der Waals surface area contributed by atoms with E-state index in [-0.39, 0.29) is 42.7 Å². The molecule has 10 nitrogen and oxygen atoms in total. The Balaban J connectivity index is 0.00000136. The van der Waals surface area contributed by atoms with Gasteiger partial charge in [-0.3, -0.25) is 0 Å². The molecule has 0 aromatic heterocycles. The molecule has 2 fully saturated rings. The Kier molecular flexibility index (Phi) is 25.3. The SMILES string of the molecule is CC1C[C@H](N(C)C)CC(N)O1.CCC(O)OC(=O)C(C)C(O[C@H]1C[C@H](C)CC(C)O1)C(C)C[C@@H](C)C[C@@H](C)[C](=[V])[C@H](C)[C@@H](O)CC.OCF. The molecule has 0 amide bonds. The number of aliphatic hydroxyl groups is 3. The molecule has 2 heterocycles. The van der Waals surface area contributed by atoms with E-state index in [0.717, 1.165) is 44.9 Å². The smallest absolute Gasteiger partial charge is 0.185 e. The standard InChI is InChI=1S/C28H52O6.C8H18N2O.CH3FO.V/c1-10-24(29)20(6)13-17(3)12-18(4)14-21(7)27(23(9)28(31)33-25(30)11-2)34-26-16-19(5)15-22(8)32-26;1-6-4-7(10(2)3)5-8(9)11-6;2-1-3;/h17-27,29-30H,10-12,14-16H2,1-9H3;6-8H,4-5,9H2,1-3H3;3H,1H2;/t17-,18+,19-,20+,21?,22?,23?,24+,25?,26+,27?;6?,7-,8?;;/m10../s1. The molecule has 2 aliphatic rings. The zero-order chi connectivity index (χ0) is 38.0. The first kappa shape index (κ1) is 48.5. The van der Waals surface area contributed by atoms with E-state index in [2.05, 4.69) is 84.4 Å². The van der Waals surface area contributed by atoms with Crippen LogP contribution in [0.15, 0.2) is 0 Å². The number of halogens is 1. The van der Waals surface area contributed by atoms with Gasteiger partial charge in [-0.1, -0.05) is 6.92 Å². The van der Waals surface area contributed by atoms with Gasteiger partial charge in [0.15, 0.2) is 6.86 Å². The molecule has 0 aromatic rings. The zero-order valence-corrected chi connectivity index (χ0v) is 34.1. The molecule has 0 aliphatic carbocycles. The predicted octanol–water partition coefficient (Wildman–Crippen LogP) is 5.56. The van der Waals surface area contributed by atoms with Gasteiger partial charge in [-0.25, -0.2) is 4.39 Å². The van der Waals surface area contributed by atoms with Gasteiger partial charge in [-0.05, 0) is 27.4 Å². The van der Waals surface area contributed by atoms with Crippen LogP contribution in [-0.2, 0) is 40.7 Å². The summed E-state index contributed by atoms with van der Waals surface area (Å²) in [5.41, 5.74) is 5.70. The summed E-state index contributed by atoms with van der Waals surface area (Å²) in [6, 6.07) is 0.591. The minimum atomic E-state index is -1.25. The van der Waals surface area contributed by atoms with E-state index in [9.17, 15) is 19.4 Å². The summed E-state index contributed by atoms with van der Waals surface area (Å²) >= 11 is 2.69. The number of ether oxygens (including phenoxy) is 4. The molecule has 0 bridgehead atoms. The second-order valence-corrected chi connectivity index (χ2v) is 15.8. The van der Waals surface area contributed by atoms with Crippen LogP contribution < -0.4 is 5.73 Å². The van der Waals surface area contributed by atoms with Crippen molar-refractivity contribution in [2.75, 3.05) is 21.0 Å². The number of hydrogen-bond donors (Lipinski definition) is 4. The molecule has 2 aliphatic heterocycles. The number of esters is 1. The van der Waals surface area contributed by atoms with Gasteiger partial charge >= 0.3 is 217 Å². The van der Waals surface area contributed by atoms with Crippen molar-refractivity contribution >= 4 is 10.2 Å². The number of hydrogen-bond acceptors (Lipinski definition) is 10. The van der Waals surface area contributed by atoms with Crippen molar-refractivity contribution in [2.45, 2.75) is 170 Å². The van der Waals surface area contributed by atoms with Crippen molar-refractivity contribution in [3.63, 3.8) is 0 Å². The van der Waals surface area contributed by atoms with Gasteiger partial charge in [0.2, 0.25) is 0 Å². The van der Waals surface area contributed by atoms with Gasteiger partial charge in [0.05, 0.1) is 6.10 Å². The molecule has 5 N–H and O–H groups in total. The number of carbonyl (C=O) groups is 1. The summed E-state index contributed by atoms with van der Waals surface area (Å²) in [6.45, 7) is 19.4. The summed E-state index contributed by atoms with van der Waals surface area (Å²) in [5.74, 6) is 0.588. The van der Waals surface area contributed by atoms with Crippen LogP contribution in [-0.4, -0.2) is 101 Å². The van der Waals surface area contributed by atoms with Crippen molar-refractivity contribution in [2.24, 2.45) is 41.2 Å². The van der Waals surface area contributed by atoms with E-state index in [1.54, 1.807) is 6.92 Å². The third kappa shape index (κ3) is 19.3. The van der Waals surface area contributed by atoms with Crippen LogP contribution in [0.1, 0.15) is 121 Å². The maximum Gasteiger partial charge on any atom is 0.185 e. The Morgan fingerprint density at radius 2 is 1.51 bits per heavy atom. The van der Waals surface area contributed by atoms with Crippen LogP contribution in [0.4, 0.5) is 4.39 Å². The summed E-state index contributed by atoms with van der Waals surface area (Å²) in [4.78, 5) is 15.0. The van der Waals surface area contributed by atoms with Gasteiger partial charge in [0.1, 0.15) is 6.23 Å². The molecule has 0 saturated carbocycles. The topological polar surface area (TPSA) is 144 Å². The van der Waals surface area contributed by atoms with E-state index in [4.69, 9.17) is 29.8 Å². The van der Waals surface area contributed by atoms with E-state index < -0.39 is 25.0 Å². The quantitative estimate of drug-likeness (QED) is 0.117. The maximum absolute atomic E-state index is 12.8. The first-order chi connectivity index (χ1) is 22.8. The Labute approximate surface area is 306 Å². The molecular weight excluding hydrogens is 670 g/mol. The van der Waals surface area contributed by atoms with Gasteiger partial charge in [0, 0.05) is 12.5 Å². The second kappa shape index (κ2) is 25.5. The fraction of sp³-hybridized carbons (Fsp3) is 0.946. The van der Waals surface area contributed by atoms with Crippen molar-refractivity contribution in [1.29, 1.82) is 0 Å². The van der Waals surface area contributed by atoms with E-state index >= 15 is 0 Å². The maximum atomic E-state index is 12.8. The minimum Gasteiger partial charge on any atom is -0.366 e. The molecule has 2 saturated heterocycles.